The summed E-state index contributed by atoms with van der Waals surface area (Å²) in [5.74, 6) is -0.211. The van der Waals surface area contributed by atoms with E-state index >= 15 is 0 Å². The van der Waals surface area contributed by atoms with Gasteiger partial charge in [0, 0.05) is 37.4 Å². The summed E-state index contributed by atoms with van der Waals surface area (Å²) in [5, 5.41) is 2.49. The van der Waals surface area contributed by atoms with E-state index in [1.54, 1.807) is 19.1 Å². The molecule has 38 heavy (non-hydrogen) atoms. The van der Waals surface area contributed by atoms with E-state index in [0.29, 0.717) is 24.1 Å². The standard InChI is InChI=1S/C15H25N3O2.C8H7F3.C5H4FN/c19-11-16-10-15(20)18-9-7-13-14(18)6-8-17(13)12-4-2-1-3-5-12;1-6-3-2-4-7(5-6)8(9,10)11;6-5-2-1-3-7-4-5/h11-14H,1-10H2,(H,16,19);2-5H,1H3;1-4H. The summed E-state index contributed by atoms with van der Waals surface area (Å²) < 4.78 is 47.7. The molecule has 2 aliphatic heterocycles. The largest absolute Gasteiger partial charge is 0.416 e. The van der Waals surface area contributed by atoms with Gasteiger partial charge in [-0.3, -0.25) is 19.5 Å². The number of halogens is 4. The molecule has 2 saturated heterocycles. The molecule has 208 valence electrons. The summed E-state index contributed by atoms with van der Waals surface area (Å²) in [5.41, 5.74) is 0.0392. The van der Waals surface area contributed by atoms with Gasteiger partial charge in [0.25, 0.3) is 0 Å². The number of aryl methyl sites for hydroxylation is 1. The lowest BCUT2D eigenvalue weighted by Gasteiger charge is -2.35. The van der Waals surface area contributed by atoms with Crippen LogP contribution < -0.4 is 5.32 Å². The first-order valence-corrected chi connectivity index (χ1v) is 13.1. The number of fused-ring (bicyclic) bond motifs is 1. The van der Waals surface area contributed by atoms with Crippen LogP contribution in [0.25, 0.3) is 0 Å². The number of amides is 2. The third-order valence-electron chi connectivity index (χ3n) is 7.29. The minimum Gasteiger partial charge on any atom is -0.350 e. The number of alkyl halides is 3. The topological polar surface area (TPSA) is 65.5 Å². The molecule has 0 spiro atoms. The minimum absolute atomic E-state index is 0.0788. The van der Waals surface area contributed by atoms with Crippen molar-refractivity contribution >= 4 is 12.3 Å². The number of benzene rings is 1. The van der Waals surface area contributed by atoms with E-state index < -0.39 is 11.7 Å². The predicted octanol–water partition coefficient (Wildman–Crippen LogP) is 4.97. The Balaban J connectivity index is 0.000000186. The van der Waals surface area contributed by atoms with Crippen molar-refractivity contribution < 1.29 is 27.2 Å². The molecule has 1 aliphatic carbocycles. The van der Waals surface area contributed by atoms with Gasteiger partial charge in [0.2, 0.25) is 12.3 Å². The van der Waals surface area contributed by atoms with Crippen molar-refractivity contribution in [2.75, 3.05) is 19.6 Å². The van der Waals surface area contributed by atoms with Crippen LogP contribution in [-0.2, 0) is 15.8 Å². The SMILES string of the molecule is Cc1cccc(C(F)(F)F)c1.Fc1cccnc1.O=CNCC(=O)N1CCC2C1CCN2C1CCCCC1. The van der Waals surface area contributed by atoms with Crippen LogP contribution in [0, 0.1) is 12.7 Å². The fourth-order valence-electron chi connectivity index (χ4n) is 5.59. The quantitative estimate of drug-likeness (QED) is 0.443. The van der Waals surface area contributed by atoms with Gasteiger partial charge in [-0.2, -0.15) is 13.2 Å². The molecule has 5 rings (SSSR count). The molecule has 3 aliphatic rings. The molecule has 3 heterocycles. The molecule has 0 bridgehead atoms. The summed E-state index contributed by atoms with van der Waals surface area (Å²) in [6.45, 7) is 3.79. The smallest absolute Gasteiger partial charge is 0.350 e. The maximum absolute atomic E-state index is 12.1. The van der Waals surface area contributed by atoms with Crippen LogP contribution in [0.3, 0.4) is 0 Å². The molecule has 6 nitrogen and oxygen atoms in total. The van der Waals surface area contributed by atoms with Gasteiger partial charge in [0.05, 0.1) is 18.3 Å². The van der Waals surface area contributed by atoms with Crippen LogP contribution >= 0.6 is 0 Å². The van der Waals surface area contributed by atoms with Crippen molar-refractivity contribution in [2.24, 2.45) is 0 Å². The van der Waals surface area contributed by atoms with Crippen molar-refractivity contribution in [2.45, 2.75) is 76.2 Å². The van der Waals surface area contributed by atoms with E-state index in [0.717, 1.165) is 44.1 Å². The van der Waals surface area contributed by atoms with E-state index in [2.05, 4.69) is 15.2 Å². The van der Waals surface area contributed by atoms with Gasteiger partial charge in [-0.15, -0.1) is 0 Å². The molecule has 2 unspecified atom stereocenters. The zero-order chi connectivity index (χ0) is 27.5. The molecule has 1 aromatic heterocycles. The fourth-order valence-corrected chi connectivity index (χ4v) is 5.59. The predicted molar refractivity (Wildman–Crippen MR) is 137 cm³/mol. The molecule has 1 aromatic carbocycles. The van der Waals surface area contributed by atoms with Crippen molar-refractivity contribution in [3.05, 3.63) is 65.7 Å². The lowest BCUT2D eigenvalue weighted by atomic mass is 9.93. The first-order valence-electron chi connectivity index (χ1n) is 13.1. The van der Waals surface area contributed by atoms with Crippen LogP contribution in [0.1, 0.15) is 56.1 Å². The van der Waals surface area contributed by atoms with Gasteiger partial charge in [0.15, 0.2) is 0 Å². The van der Waals surface area contributed by atoms with E-state index in [1.807, 2.05) is 4.90 Å². The molecular weight excluding hydrogens is 500 g/mol. The average Bonchev–Trinajstić information content (AvgIpc) is 3.51. The molecule has 10 heteroatoms. The second-order valence-electron chi connectivity index (χ2n) is 9.87. The van der Waals surface area contributed by atoms with E-state index in [9.17, 15) is 27.2 Å². The number of carbonyl (C=O) groups excluding carboxylic acids is 2. The highest BCUT2D eigenvalue weighted by Gasteiger charge is 2.46. The van der Waals surface area contributed by atoms with Crippen LogP contribution in [0.15, 0.2) is 48.8 Å². The zero-order valence-electron chi connectivity index (χ0n) is 21.7. The number of likely N-dealkylation sites (tertiary alicyclic amines) is 2. The maximum atomic E-state index is 12.1. The van der Waals surface area contributed by atoms with E-state index in [-0.39, 0.29) is 18.3 Å². The highest BCUT2D eigenvalue weighted by Crippen LogP contribution is 2.36. The summed E-state index contributed by atoms with van der Waals surface area (Å²) >= 11 is 0. The number of rotatable bonds is 4. The molecule has 1 N–H and O–H groups in total. The minimum atomic E-state index is -4.22. The van der Waals surface area contributed by atoms with Crippen molar-refractivity contribution in [1.29, 1.82) is 0 Å². The van der Waals surface area contributed by atoms with Crippen LogP contribution in [0.4, 0.5) is 17.6 Å². The number of nitrogens with one attached hydrogen (secondary N) is 1. The zero-order valence-corrected chi connectivity index (χ0v) is 21.7. The Morgan fingerprint density at radius 2 is 1.79 bits per heavy atom. The van der Waals surface area contributed by atoms with Crippen LogP contribution in [0.2, 0.25) is 0 Å². The summed E-state index contributed by atoms with van der Waals surface area (Å²) in [4.78, 5) is 30.6. The van der Waals surface area contributed by atoms with Gasteiger partial charge >= 0.3 is 6.18 Å². The lowest BCUT2D eigenvalue weighted by Crippen LogP contribution is -2.45. The molecule has 0 radical (unpaired) electrons. The Morgan fingerprint density at radius 1 is 1.05 bits per heavy atom. The monoisotopic (exact) mass is 536 g/mol. The normalized spacial score (nSPS) is 21.4. The Kier molecular flexibility index (Phi) is 11.1. The van der Waals surface area contributed by atoms with Gasteiger partial charge < -0.3 is 10.2 Å². The summed E-state index contributed by atoms with van der Waals surface area (Å²) in [6.07, 6.45) is 8.09. The van der Waals surface area contributed by atoms with Crippen LogP contribution in [-0.4, -0.2) is 64.9 Å². The number of hydrogen-bond donors (Lipinski definition) is 1. The third kappa shape index (κ3) is 8.51. The highest BCUT2D eigenvalue weighted by molar-refractivity contribution is 5.80. The number of pyridine rings is 1. The van der Waals surface area contributed by atoms with E-state index in [4.69, 9.17) is 0 Å². The number of nitrogens with zero attached hydrogens (tertiary/aromatic N) is 3. The molecular formula is C28H36F4N4O2. The summed E-state index contributed by atoms with van der Waals surface area (Å²) in [7, 11) is 0. The molecule has 2 atom stereocenters. The van der Waals surface area contributed by atoms with Gasteiger partial charge in [0.1, 0.15) is 5.82 Å². The number of carbonyl (C=O) groups is 2. The lowest BCUT2D eigenvalue weighted by molar-refractivity contribution is -0.137. The molecule has 3 fully saturated rings. The second-order valence-corrected chi connectivity index (χ2v) is 9.87. The Labute approximate surface area is 221 Å². The second kappa shape index (κ2) is 14.2. The number of aromatic nitrogens is 1. The highest BCUT2D eigenvalue weighted by atomic mass is 19.4. The van der Waals surface area contributed by atoms with Crippen LogP contribution in [0.5, 0.6) is 0 Å². The Hall–Kier alpha value is -3.01. The Morgan fingerprint density at radius 3 is 2.34 bits per heavy atom. The fraction of sp³-hybridized carbons (Fsp3) is 0.536. The van der Waals surface area contributed by atoms with Crippen molar-refractivity contribution in [1.82, 2.24) is 20.1 Å². The third-order valence-corrected chi connectivity index (χ3v) is 7.29. The first-order chi connectivity index (χ1) is 18.2. The average molecular weight is 537 g/mol. The van der Waals surface area contributed by atoms with Crippen molar-refractivity contribution in [3.8, 4) is 0 Å². The molecule has 2 amide bonds. The molecule has 1 saturated carbocycles. The van der Waals surface area contributed by atoms with Gasteiger partial charge in [-0.05, 0) is 50.8 Å². The number of hydrogen-bond acceptors (Lipinski definition) is 4. The first kappa shape index (κ1) is 29.5. The summed E-state index contributed by atoms with van der Waals surface area (Å²) in [6, 6.07) is 9.83. The van der Waals surface area contributed by atoms with Crippen molar-refractivity contribution in [3.63, 3.8) is 0 Å². The Bertz CT molecular complexity index is 1020. The maximum Gasteiger partial charge on any atom is 0.416 e. The van der Waals surface area contributed by atoms with Gasteiger partial charge in [-0.1, -0.05) is 43.0 Å². The molecule has 2 aromatic rings. The van der Waals surface area contributed by atoms with Gasteiger partial charge in [-0.25, -0.2) is 4.39 Å². The van der Waals surface area contributed by atoms with E-state index in [1.165, 1.54) is 56.6 Å².